The first kappa shape index (κ1) is 26.8. The fourth-order valence-electron chi connectivity index (χ4n) is 5.13. The van der Waals surface area contributed by atoms with Gasteiger partial charge in [0.25, 0.3) is 5.91 Å². The fourth-order valence-corrected chi connectivity index (χ4v) is 5.13. The van der Waals surface area contributed by atoms with Gasteiger partial charge in [-0.05, 0) is 69.7 Å². The number of carbonyl (C=O) groups excluding carboxylic acids is 1. The average molecular weight is 558 g/mol. The van der Waals surface area contributed by atoms with E-state index in [-0.39, 0.29) is 18.2 Å². The van der Waals surface area contributed by atoms with E-state index < -0.39 is 17.7 Å². The summed E-state index contributed by atoms with van der Waals surface area (Å²) >= 11 is 0. The third-order valence-electron chi connectivity index (χ3n) is 7.84. The molecule has 0 saturated heterocycles. The molecule has 12 heteroatoms. The molecule has 2 fully saturated rings. The largest absolute Gasteiger partial charge is 0.387 e. The number of rotatable bonds is 10. The number of hydrogen-bond acceptors (Lipinski definition) is 8. The summed E-state index contributed by atoms with van der Waals surface area (Å²) in [5, 5.41) is 38.2. The number of amides is 1. The van der Waals surface area contributed by atoms with Crippen LogP contribution >= 0.6 is 0 Å². The van der Waals surface area contributed by atoms with Crippen molar-refractivity contribution in [3.63, 3.8) is 0 Å². The van der Waals surface area contributed by atoms with Gasteiger partial charge in [-0.1, -0.05) is 5.21 Å². The first-order chi connectivity index (χ1) is 19.7. The molecule has 0 unspecified atom stereocenters. The van der Waals surface area contributed by atoms with Crippen molar-refractivity contribution in [3.05, 3.63) is 59.7 Å². The van der Waals surface area contributed by atoms with Crippen molar-refractivity contribution in [1.82, 2.24) is 34.9 Å². The second kappa shape index (κ2) is 10.6. The van der Waals surface area contributed by atoms with E-state index in [0.717, 1.165) is 30.6 Å². The second-order valence-corrected chi connectivity index (χ2v) is 11.7. The van der Waals surface area contributed by atoms with Crippen LogP contribution in [0.2, 0.25) is 0 Å². The number of carbonyl (C=O) groups is 1. The van der Waals surface area contributed by atoms with Crippen molar-refractivity contribution in [2.45, 2.75) is 69.8 Å². The maximum Gasteiger partial charge on any atom is 0.255 e. The number of aliphatic hydroxyl groups is 1. The van der Waals surface area contributed by atoms with Gasteiger partial charge in [0.05, 0.1) is 57.8 Å². The lowest BCUT2D eigenvalue weighted by atomic mass is 9.80. The molecule has 2 aliphatic carbocycles. The summed E-state index contributed by atoms with van der Waals surface area (Å²) in [6.07, 6.45) is 7.57. The zero-order valence-corrected chi connectivity index (χ0v) is 23.0. The first-order valence-electron chi connectivity index (χ1n) is 13.9. The summed E-state index contributed by atoms with van der Waals surface area (Å²) in [6, 6.07) is 9.48. The average Bonchev–Trinajstić information content (AvgIpc) is 3.53. The van der Waals surface area contributed by atoms with Crippen LogP contribution in [0.15, 0.2) is 42.9 Å². The third kappa shape index (κ3) is 5.76. The summed E-state index contributed by atoms with van der Waals surface area (Å²) in [5.41, 5.74) is 2.86. The Morgan fingerprint density at radius 1 is 1.27 bits per heavy atom. The molecule has 0 bridgehead atoms. The van der Waals surface area contributed by atoms with Gasteiger partial charge in [-0.25, -0.2) is 8.91 Å². The number of hydrogen-bond donors (Lipinski definition) is 3. The van der Waals surface area contributed by atoms with Crippen LogP contribution in [-0.4, -0.2) is 65.0 Å². The number of pyridine rings is 1. The summed E-state index contributed by atoms with van der Waals surface area (Å²) in [7, 11) is 0. The monoisotopic (exact) mass is 557 g/mol. The number of anilines is 1. The van der Waals surface area contributed by atoms with Crippen LogP contribution in [0.1, 0.15) is 67.1 Å². The molecule has 2 aliphatic rings. The van der Waals surface area contributed by atoms with E-state index >= 15 is 0 Å². The lowest BCUT2D eigenvalue weighted by molar-refractivity contribution is -0.00177. The molecule has 4 heterocycles. The Labute approximate surface area is 236 Å². The maximum absolute atomic E-state index is 14.3. The molecular formula is C29H32FN9O2. The van der Waals surface area contributed by atoms with E-state index in [9.17, 15) is 19.6 Å². The van der Waals surface area contributed by atoms with Gasteiger partial charge in [-0.3, -0.25) is 14.5 Å². The molecule has 11 nitrogen and oxygen atoms in total. The molecule has 1 amide bonds. The van der Waals surface area contributed by atoms with Gasteiger partial charge >= 0.3 is 0 Å². The molecule has 1 atom stereocenters. The topological polar surface area (TPSA) is 146 Å². The summed E-state index contributed by atoms with van der Waals surface area (Å²) in [6.45, 7) is 3.20. The molecular weight excluding hydrogens is 525 g/mol. The highest BCUT2D eigenvalue weighted by Crippen LogP contribution is 2.39. The van der Waals surface area contributed by atoms with E-state index in [4.69, 9.17) is 0 Å². The normalized spacial score (nSPS) is 19.4. The minimum Gasteiger partial charge on any atom is -0.387 e. The van der Waals surface area contributed by atoms with Gasteiger partial charge in [0.1, 0.15) is 12.2 Å². The van der Waals surface area contributed by atoms with Crippen molar-refractivity contribution < 1.29 is 14.3 Å². The summed E-state index contributed by atoms with van der Waals surface area (Å²) in [5.74, 6) is 0.524. The highest BCUT2D eigenvalue weighted by molar-refractivity contribution is 6.00. The van der Waals surface area contributed by atoms with Crippen LogP contribution in [0, 0.1) is 17.2 Å². The number of alkyl halides is 1. The van der Waals surface area contributed by atoms with Gasteiger partial charge < -0.3 is 15.7 Å². The zero-order valence-electron chi connectivity index (χ0n) is 23.0. The standard InChI is InChI=1S/C29H32FN9O2/c1-29(2,41)27(30)14-33-28(40)22-13-32-24(26-6-5-21-9-18(11-31)12-34-39(21)26)10-23(22)35-20-7-17(8-20)15-38-16-25(36-37-38)19-3-4-19/h5-6,9-10,12-13,16-17,19-20,27,41H,3-4,7-8,14-15H2,1-2H3,(H,32,35)(H,33,40)/t17-,20-,27-/m1/s1. The van der Waals surface area contributed by atoms with E-state index in [0.29, 0.717) is 34.5 Å². The Hall–Kier alpha value is -4.37. The molecule has 0 aliphatic heterocycles. The molecule has 0 aromatic carbocycles. The number of aromatic nitrogens is 6. The quantitative estimate of drug-likeness (QED) is 0.269. The van der Waals surface area contributed by atoms with Gasteiger partial charge in [-0.2, -0.15) is 10.4 Å². The highest BCUT2D eigenvalue weighted by atomic mass is 19.1. The smallest absolute Gasteiger partial charge is 0.255 e. The molecule has 4 aromatic rings. The van der Waals surface area contributed by atoms with Crippen molar-refractivity contribution >= 4 is 17.1 Å². The van der Waals surface area contributed by atoms with Crippen molar-refractivity contribution in [3.8, 4) is 17.5 Å². The number of nitrogens with one attached hydrogen (secondary N) is 2. The molecule has 6 rings (SSSR count). The van der Waals surface area contributed by atoms with Crippen LogP contribution in [-0.2, 0) is 6.54 Å². The van der Waals surface area contributed by atoms with Gasteiger partial charge in [0, 0.05) is 30.9 Å². The van der Waals surface area contributed by atoms with Gasteiger partial charge in [0.2, 0.25) is 0 Å². The highest BCUT2D eigenvalue weighted by Gasteiger charge is 2.32. The minimum atomic E-state index is -1.63. The van der Waals surface area contributed by atoms with E-state index in [1.54, 1.807) is 16.6 Å². The summed E-state index contributed by atoms with van der Waals surface area (Å²) in [4.78, 5) is 17.7. The zero-order chi connectivity index (χ0) is 28.7. The van der Waals surface area contributed by atoms with Crippen LogP contribution in [0.4, 0.5) is 10.1 Å². The second-order valence-electron chi connectivity index (χ2n) is 11.7. The summed E-state index contributed by atoms with van der Waals surface area (Å²) < 4.78 is 18.0. The van der Waals surface area contributed by atoms with Crippen molar-refractivity contribution in [1.29, 1.82) is 5.26 Å². The lowest BCUT2D eigenvalue weighted by Gasteiger charge is -2.36. The Morgan fingerprint density at radius 2 is 2.07 bits per heavy atom. The van der Waals surface area contributed by atoms with E-state index in [1.807, 2.05) is 16.8 Å². The predicted octanol–water partition coefficient (Wildman–Crippen LogP) is 3.47. The lowest BCUT2D eigenvalue weighted by Crippen LogP contribution is -2.42. The Balaban J connectivity index is 1.20. The van der Waals surface area contributed by atoms with Gasteiger partial charge in [0.15, 0.2) is 0 Å². The molecule has 0 radical (unpaired) electrons. The minimum absolute atomic E-state index is 0.138. The molecule has 4 aromatic heterocycles. The number of nitriles is 1. The Bertz CT molecular complexity index is 1620. The third-order valence-corrected chi connectivity index (χ3v) is 7.84. The maximum atomic E-state index is 14.3. The van der Waals surface area contributed by atoms with Crippen LogP contribution in [0.25, 0.3) is 16.9 Å². The van der Waals surface area contributed by atoms with Crippen molar-refractivity contribution in [2.75, 3.05) is 11.9 Å². The predicted molar refractivity (Wildman–Crippen MR) is 149 cm³/mol. The molecule has 2 saturated carbocycles. The van der Waals surface area contributed by atoms with Gasteiger partial charge in [-0.15, -0.1) is 5.10 Å². The Morgan fingerprint density at radius 3 is 2.80 bits per heavy atom. The van der Waals surface area contributed by atoms with E-state index in [2.05, 4.69) is 43.3 Å². The van der Waals surface area contributed by atoms with Crippen LogP contribution in [0.5, 0.6) is 0 Å². The number of fused-ring (bicyclic) bond motifs is 1. The first-order valence-corrected chi connectivity index (χ1v) is 13.9. The SMILES string of the molecule is CC(C)(O)[C@H](F)CNC(=O)c1cnc(-c2ccc3cc(C#N)cnn23)cc1N[C@H]1C[C@H](Cn2cc(C3CC3)nn2)C1. The van der Waals surface area contributed by atoms with Crippen molar-refractivity contribution in [2.24, 2.45) is 5.92 Å². The number of halogens is 1. The molecule has 212 valence electrons. The number of nitrogens with zero attached hydrogens (tertiary/aromatic N) is 7. The van der Waals surface area contributed by atoms with Crippen LogP contribution in [0.3, 0.4) is 0 Å². The molecule has 41 heavy (non-hydrogen) atoms. The Kier molecular flexibility index (Phi) is 6.91. The molecule has 3 N–H and O–H groups in total. The fraction of sp³-hybridized carbons (Fsp3) is 0.448. The van der Waals surface area contributed by atoms with E-state index in [1.165, 1.54) is 39.1 Å². The molecule has 0 spiro atoms. The van der Waals surface area contributed by atoms with Crippen LogP contribution < -0.4 is 10.6 Å².